The molecule has 246 valence electrons. The van der Waals surface area contributed by atoms with E-state index >= 15 is 0 Å². The minimum absolute atomic E-state index is 0.0166. The Morgan fingerprint density at radius 1 is 0.915 bits per heavy atom. The van der Waals surface area contributed by atoms with Crippen LogP contribution in [0.25, 0.3) is 5.70 Å². The number of anilines is 1. The molecule has 47 heavy (non-hydrogen) atoms. The third-order valence-electron chi connectivity index (χ3n) is 9.55. The first-order valence-corrected chi connectivity index (χ1v) is 18.0. The summed E-state index contributed by atoms with van der Waals surface area (Å²) in [5.74, 6) is 0. The highest BCUT2D eigenvalue weighted by Crippen LogP contribution is 2.30. The molecule has 1 atom stereocenters. The largest absolute Gasteiger partial charge is 0.361 e. The van der Waals surface area contributed by atoms with Gasteiger partial charge in [-0.15, -0.1) is 0 Å². The summed E-state index contributed by atoms with van der Waals surface area (Å²) in [5, 5.41) is 12.9. The van der Waals surface area contributed by atoms with Gasteiger partial charge >= 0.3 is 6.03 Å². The van der Waals surface area contributed by atoms with Gasteiger partial charge in [0.05, 0.1) is 10.6 Å². The molecule has 11 heteroatoms. The van der Waals surface area contributed by atoms with Gasteiger partial charge in [-0.1, -0.05) is 48.5 Å². The Balaban J connectivity index is 1.04. The van der Waals surface area contributed by atoms with E-state index in [4.69, 9.17) is 0 Å². The van der Waals surface area contributed by atoms with Crippen LogP contribution in [0.3, 0.4) is 0 Å². The number of carbonyl (C=O) groups excluding carboxylic acids is 1. The number of amides is 2. The monoisotopic (exact) mass is 653 g/mol. The summed E-state index contributed by atoms with van der Waals surface area (Å²) in [6.07, 6.45) is 5.91. The minimum atomic E-state index is -3.70. The Labute approximate surface area is 277 Å². The van der Waals surface area contributed by atoms with Crippen molar-refractivity contribution in [2.45, 2.75) is 56.0 Å². The molecule has 0 aromatic heterocycles. The highest BCUT2D eigenvalue weighted by atomic mass is 32.2. The van der Waals surface area contributed by atoms with Crippen molar-refractivity contribution < 1.29 is 13.2 Å². The molecule has 4 aliphatic rings. The molecule has 2 amide bonds. The zero-order chi connectivity index (χ0) is 32.4. The van der Waals surface area contributed by atoms with Crippen LogP contribution in [0.15, 0.2) is 95.5 Å². The number of hydrogen-bond donors (Lipinski definition) is 4. The maximum atomic E-state index is 14.1. The fourth-order valence-electron chi connectivity index (χ4n) is 7.05. The number of rotatable bonds is 11. The summed E-state index contributed by atoms with van der Waals surface area (Å²) >= 11 is 0. The molecule has 10 nitrogen and oxygen atoms in total. The summed E-state index contributed by atoms with van der Waals surface area (Å²) in [7, 11) is -1.79. The van der Waals surface area contributed by atoms with E-state index in [0.717, 1.165) is 86.6 Å². The number of fused-ring (bicyclic) bond motifs is 2. The maximum absolute atomic E-state index is 14.1. The van der Waals surface area contributed by atoms with Crippen molar-refractivity contribution in [3.8, 4) is 0 Å². The lowest BCUT2D eigenvalue weighted by Gasteiger charge is -2.34. The van der Waals surface area contributed by atoms with Crippen LogP contribution in [0, 0.1) is 0 Å². The Morgan fingerprint density at radius 3 is 2.30 bits per heavy atom. The van der Waals surface area contributed by atoms with Gasteiger partial charge < -0.3 is 21.3 Å². The highest BCUT2D eigenvalue weighted by molar-refractivity contribution is 7.89. The summed E-state index contributed by atoms with van der Waals surface area (Å²) in [6, 6.07) is 23.3. The van der Waals surface area contributed by atoms with Crippen molar-refractivity contribution in [1.82, 2.24) is 30.5 Å². The van der Waals surface area contributed by atoms with E-state index in [1.54, 1.807) is 21.3 Å². The maximum Gasteiger partial charge on any atom is 0.327 e. The molecule has 3 aromatic carbocycles. The van der Waals surface area contributed by atoms with Gasteiger partial charge in [0, 0.05) is 56.2 Å². The predicted molar refractivity (Wildman–Crippen MR) is 185 cm³/mol. The lowest BCUT2D eigenvalue weighted by molar-refractivity contribution is 0.230. The Morgan fingerprint density at radius 2 is 1.62 bits per heavy atom. The number of nitrogens with one attached hydrogen (secondary N) is 4. The van der Waals surface area contributed by atoms with Crippen molar-refractivity contribution in [2.24, 2.45) is 0 Å². The molecule has 3 aromatic rings. The zero-order valence-electron chi connectivity index (χ0n) is 26.8. The van der Waals surface area contributed by atoms with Gasteiger partial charge in [0.1, 0.15) is 6.17 Å². The SMILES string of the molecule is CNCc1ccc(N2C=C3C=C(c4ccc(S(=O)(=O)N(CCCN5Cc6ccccc6C5)C5CCNCC5)cc4)NC3NC2=O)cc1. The molecule has 4 heterocycles. The van der Waals surface area contributed by atoms with E-state index in [9.17, 15) is 13.2 Å². The van der Waals surface area contributed by atoms with Crippen LogP contribution < -0.4 is 26.2 Å². The lowest BCUT2D eigenvalue weighted by atomic mass is 10.1. The average molecular weight is 654 g/mol. The topological polar surface area (TPSA) is 109 Å². The molecular formula is C36H43N7O3S. The van der Waals surface area contributed by atoms with Gasteiger partial charge in [-0.2, -0.15) is 4.31 Å². The van der Waals surface area contributed by atoms with Gasteiger partial charge in [-0.3, -0.25) is 9.80 Å². The first-order chi connectivity index (χ1) is 22.9. The van der Waals surface area contributed by atoms with Crippen LogP contribution in [0.2, 0.25) is 0 Å². The smallest absolute Gasteiger partial charge is 0.327 e. The normalized spacial score (nSPS) is 20.0. The number of urea groups is 1. The van der Waals surface area contributed by atoms with E-state index < -0.39 is 10.0 Å². The third-order valence-corrected chi connectivity index (χ3v) is 11.5. The molecular weight excluding hydrogens is 611 g/mol. The van der Waals surface area contributed by atoms with Crippen LogP contribution in [-0.4, -0.2) is 69.1 Å². The number of sulfonamides is 1. The van der Waals surface area contributed by atoms with Crippen molar-refractivity contribution in [3.05, 3.63) is 113 Å². The number of hydrogen-bond acceptors (Lipinski definition) is 7. The van der Waals surface area contributed by atoms with Gasteiger partial charge in [0.15, 0.2) is 0 Å². The van der Waals surface area contributed by atoms with E-state index in [1.807, 2.05) is 55.7 Å². The molecule has 0 spiro atoms. The summed E-state index contributed by atoms with van der Waals surface area (Å²) in [5.41, 5.74) is 7.28. The Kier molecular flexibility index (Phi) is 9.15. The van der Waals surface area contributed by atoms with Crippen molar-refractivity contribution in [2.75, 3.05) is 38.1 Å². The summed E-state index contributed by atoms with van der Waals surface area (Å²) in [4.78, 5) is 17.3. The van der Waals surface area contributed by atoms with Crippen LogP contribution in [0.5, 0.6) is 0 Å². The van der Waals surface area contributed by atoms with Crippen LogP contribution in [0.4, 0.5) is 10.5 Å². The predicted octanol–water partition coefficient (Wildman–Crippen LogP) is 3.94. The molecule has 0 radical (unpaired) electrons. The standard InChI is InChI=1S/C36H43N7O3S/c1-37-22-26-7-11-31(12-8-26)42-25-30-21-34(39-35(30)40-36(42)44)27-9-13-33(14-10-27)47(45,46)43(32-15-17-38-18-16-32)20-4-19-41-23-28-5-2-3-6-29(28)24-41/h2-3,5-14,21,25,32,35,37-39H,4,15-20,22-24H2,1H3,(H,40,44). The molecule has 0 saturated carbocycles. The Bertz CT molecular complexity index is 1740. The van der Waals surface area contributed by atoms with Gasteiger partial charge in [0.2, 0.25) is 10.0 Å². The second-order valence-electron chi connectivity index (χ2n) is 12.7. The lowest BCUT2D eigenvalue weighted by Crippen LogP contribution is -2.51. The first-order valence-electron chi connectivity index (χ1n) is 16.5. The van der Waals surface area contributed by atoms with Crippen LogP contribution in [0.1, 0.15) is 41.5 Å². The molecule has 1 unspecified atom stereocenters. The average Bonchev–Trinajstić information content (AvgIpc) is 3.71. The quantitative estimate of drug-likeness (QED) is 0.248. The molecule has 1 saturated heterocycles. The summed E-state index contributed by atoms with van der Waals surface area (Å²) in [6.45, 7) is 5.61. The van der Waals surface area contributed by atoms with Crippen molar-refractivity contribution in [1.29, 1.82) is 0 Å². The highest BCUT2D eigenvalue weighted by Gasteiger charge is 2.34. The fourth-order valence-corrected chi connectivity index (χ4v) is 8.77. The van der Waals surface area contributed by atoms with Gasteiger partial charge in [0.25, 0.3) is 0 Å². The molecule has 4 aliphatic heterocycles. The van der Waals surface area contributed by atoms with E-state index in [0.29, 0.717) is 11.4 Å². The number of benzene rings is 3. The van der Waals surface area contributed by atoms with Crippen LogP contribution >= 0.6 is 0 Å². The first kappa shape index (κ1) is 31.6. The second kappa shape index (κ2) is 13.6. The molecule has 1 fully saturated rings. The number of carbonyl (C=O) groups is 1. The van der Waals surface area contributed by atoms with E-state index in [1.165, 1.54) is 11.1 Å². The number of piperidine rings is 1. The van der Waals surface area contributed by atoms with Crippen molar-refractivity contribution in [3.63, 3.8) is 0 Å². The fraction of sp³-hybridized carbons (Fsp3) is 0.361. The molecule has 4 N–H and O–H groups in total. The second-order valence-corrected chi connectivity index (χ2v) is 14.6. The van der Waals surface area contributed by atoms with Crippen molar-refractivity contribution >= 4 is 27.4 Å². The van der Waals surface area contributed by atoms with E-state index in [-0.39, 0.29) is 18.2 Å². The van der Waals surface area contributed by atoms with Crippen LogP contribution in [-0.2, 0) is 29.7 Å². The molecule has 0 bridgehead atoms. The van der Waals surface area contributed by atoms with Gasteiger partial charge in [-0.05, 0) is 92.0 Å². The number of nitrogens with zero attached hydrogens (tertiary/aromatic N) is 3. The molecule has 7 rings (SSSR count). The third kappa shape index (κ3) is 6.72. The van der Waals surface area contributed by atoms with E-state index in [2.05, 4.69) is 50.4 Å². The Hall–Kier alpha value is -4.00. The summed E-state index contributed by atoms with van der Waals surface area (Å²) < 4.78 is 30.0. The molecule has 0 aliphatic carbocycles. The van der Waals surface area contributed by atoms with Gasteiger partial charge in [-0.25, -0.2) is 13.2 Å². The zero-order valence-corrected chi connectivity index (χ0v) is 27.6. The minimum Gasteiger partial charge on any atom is -0.361 e.